The first-order chi connectivity index (χ1) is 24.0. The zero-order valence-corrected chi connectivity index (χ0v) is 31.8. The highest BCUT2D eigenvalue weighted by Gasteiger charge is 2.56. The van der Waals surface area contributed by atoms with Gasteiger partial charge in [0.05, 0.1) is 11.0 Å². The van der Waals surface area contributed by atoms with Crippen LogP contribution in [0, 0.1) is 0 Å². The van der Waals surface area contributed by atoms with E-state index >= 15 is 8.78 Å². The second-order valence-electron chi connectivity index (χ2n) is 15.0. The molecule has 0 spiro atoms. The van der Waals surface area contributed by atoms with Crippen molar-refractivity contribution in [1.82, 2.24) is 14.5 Å². The van der Waals surface area contributed by atoms with Crippen LogP contribution in [-0.4, -0.2) is 72.5 Å². The topological polar surface area (TPSA) is 105 Å². The number of nitrogens with zero attached hydrogens (tertiary/aromatic N) is 2. The van der Waals surface area contributed by atoms with Crippen molar-refractivity contribution < 1.29 is 36.3 Å². The molecule has 3 aromatic carbocycles. The van der Waals surface area contributed by atoms with Gasteiger partial charge in [0.1, 0.15) is 11.4 Å². The first-order valence-corrected chi connectivity index (χ1v) is 19.9. The zero-order valence-electron chi connectivity index (χ0n) is 29.4. The summed E-state index contributed by atoms with van der Waals surface area (Å²) in [6, 6.07) is 11.5. The van der Waals surface area contributed by atoms with E-state index in [0.29, 0.717) is 45.6 Å². The molecule has 1 N–H and O–H groups in total. The third-order valence-corrected chi connectivity index (χ3v) is 12.5. The Morgan fingerprint density at radius 2 is 1.51 bits per heavy atom. The van der Waals surface area contributed by atoms with Gasteiger partial charge >= 0.3 is 6.09 Å². The molecule has 3 aliphatic rings. The summed E-state index contributed by atoms with van der Waals surface area (Å²) in [6.45, 7) is 5.28. The largest absolute Gasteiger partial charge is 0.490 e. The smallest absolute Gasteiger partial charge is 0.407 e. The number of alkyl carbamates (subject to hydrolysis) is 1. The van der Waals surface area contributed by atoms with Crippen LogP contribution in [0.2, 0.25) is 0 Å². The number of rotatable bonds is 9. The number of ether oxygens (including phenoxy) is 2. The number of carbonyl (C=O) groups excluding carboxylic acids is 2. The lowest BCUT2D eigenvalue weighted by Crippen LogP contribution is -2.61. The van der Waals surface area contributed by atoms with Gasteiger partial charge in [-0.1, -0.05) is 46.6 Å². The van der Waals surface area contributed by atoms with Crippen LogP contribution in [0.4, 0.5) is 13.6 Å². The molecule has 6 rings (SSSR count). The maximum Gasteiger partial charge on any atom is 0.407 e. The van der Waals surface area contributed by atoms with Crippen molar-refractivity contribution in [1.29, 1.82) is 0 Å². The van der Waals surface area contributed by atoms with Crippen LogP contribution in [-0.2, 0) is 25.5 Å². The lowest BCUT2D eigenvalue weighted by atomic mass is 9.94. The summed E-state index contributed by atoms with van der Waals surface area (Å²) in [5, 5.41) is 4.21. The van der Waals surface area contributed by atoms with Crippen LogP contribution in [0.1, 0.15) is 84.1 Å². The molecular weight excluding hydrogens is 744 g/mol. The number of hydrogen-bond acceptors (Lipinski definition) is 6. The first-order valence-electron chi connectivity index (χ1n) is 17.7. The average molecular weight is 791 g/mol. The molecule has 0 radical (unpaired) electrons. The van der Waals surface area contributed by atoms with Crippen molar-refractivity contribution >= 4 is 48.7 Å². The van der Waals surface area contributed by atoms with E-state index in [0.717, 1.165) is 38.1 Å². The molecule has 2 saturated heterocycles. The number of alkyl halides is 2. The minimum atomic E-state index is -4.61. The van der Waals surface area contributed by atoms with Crippen LogP contribution in [0.25, 0.3) is 10.8 Å². The lowest BCUT2D eigenvalue weighted by Gasteiger charge is -2.43. The predicted octanol–water partition coefficient (Wildman–Crippen LogP) is 8.14. The Kier molecular flexibility index (Phi) is 10.7. The number of piperidine rings is 1. The molecule has 2 amide bonds. The van der Waals surface area contributed by atoms with E-state index in [4.69, 9.17) is 9.47 Å². The minimum Gasteiger partial charge on any atom is -0.490 e. The van der Waals surface area contributed by atoms with Crippen LogP contribution in [0.15, 0.2) is 70.0 Å². The van der Waals surface area contributed by atoms with Gasteiger partial charge in [-0.15, -0.1) is 0 Å². The summed E-state index contributed by atoms with van der Waals surface area (Å²) in [7, 11) is -3.56. The van der Waals surface area contributed by atoms with E-state index in [2.05, 4.69) is 21.2 Å². The number of likely N-dealkylation sites (N-methyl/N-ethyl adjacent to an activating group) is 1. The molecule has 1 aliphatic carbocycles. The SMILES string of the molecule is CN(C(C(=O)N1C2CCC1CC(NC(=O)OC(C)(C)C)C2)C(F)(F)c1ccc(Br)cc1)S(=O)(=O)c1ccc2cc(OC3CCCCC3)ccc2c1. The fraction of sp³-hybridized carbons (Fsp3) is 0.526. The van der Waals surface area contributed by atoms with E-state index in [1.54, 1.807) is 39.0 Å². The number of halogens is 3. The van der Waals surface area contributed by atoms with Gasteiger partial charge in [-0.05, 0) is 119 Å². The van der Waals surface area contributed by atoms with Gasteiger partial charge in [0.2, 0.25) is 15.9 Å². The molecule has 0 aromatic heterocycles. The Morgan fingerprint density at radius 3 is 2.14 bits per heavy atom. The van der Waals surface area contributed by atoms with Crippen molar-refractivity contribution in [2.45, 2.75) is 125 Å². The Balaban J connectivity index is 1.28. The summed E-state index contributed by atoms with van der Waals surface area (Å²) in [6.07, 6.45) is 6.79. The van der Waals surface area contributed by atoms with Crippen molar-refractivity contribution in [2.75, 3.05) is 7.05 Å². The number of benzene rings is 3. The molecule has 3 atom stereocenters. The average Bonchev–Trinajstić information content (AvgIpc) is 3.34. The monoisotopic (exact) mass is 789 g/mol. The standard InChI is InChI=1S/C38H46BrF2N3O6S/c1-37(2,3)50-36(46)42-28-22-29-16-17-30(23-28)44(29)35(45)34(38(40,41)26-12-14-27(39)15-13-26)43(4)51(47,48)33-19-11-24-20-32(18-10-25(24)21-33)49-31-8-6-5-7-9-31/h10-15,18-21,28-31,34H,5-9,16-17,22-23H2,1-4H3,(H,42,46). The van der Waals surface area contributed by atoms with Crippen LogP contribution in [0.3, 0.4) is 0 Å². The minimum absolute atomic E-state index is 0.147. The summed E-state index contributed by atoms with van der Waals surface area (Å²) < 4.78 is 74.7. The quantitative estimate of drug-likeness (QED) is 0.235. The molecule has 3 aromatic rings. The van der Waals surface area contributed by atoms with Crippen molar-refractivity contribution in [3.05, 3.63) is 70.7 Å². The van der Waals surface area contributed by atoms with E-state index < -0.39 is 57.2 Å². The molecule has 1 saturated carbocycles. The molecule has 51 heavy (non-hydrogen) atoms. The van der Waals surface area contributed by atoms with Gasteiger partial charge in [-0.25, -0.2) is 13.2 Å². The summed E-state index contributed by atoms with van der Waals surface area (Å²) >= 11 is 3.27. The van der Waals surface area contributed by atoms with E-state index in [1.807, 2.05) is 6.07 Å². The highest BCUT2D eigenvalue weighted by atomic mass is 79.9. The number of amides is 2. The maximum absolute atomic E-state index is 16.8. The van der Waals surface area contributed by atoms with Crippen LogP contribution >= 0.6 is 15.9 Å². The fourth-order valence-corrected chi connectivity index (χ4v) is 9.37. The van der Waals surface area contributed by atoms with Crippen molar-refractivity contribution in [2.24, 2.45) is 0 Å². The van der Waals surface area contributed by atoms with Gasteiger partial charge in [-0.2, -0.15) is 13.1 Å². The Labute approximate surface area is 307 Å². The third-order valence-electron chi connectivity index (χ3n) is 10.2. The number of nitrogens with one attached hydrogen (secondary N) is 1. The van der Waals surface area contributed by atoms with Gasteiger partial charge in [-0.3, -0.25) is 4.79 Å². The van der Waals surface area contributed by atoms with E-state index in [1.165, 1.54) is 47.7 Å². The highest BCUT2D eigenvalue weighted by molar-refractivity contribution is 9.10. The second-order valence-corrected chi connectivity index (χ2v) is 18.0. The lowest BCUT2D eigenvalue weighted by molar-refractivity contribution is -0.155. The van der Waals surface area contributed by atoms with Gasteiger partial charge in [0.15, 0.2) is 6.04 Å². The van der Waals surface area contributed by atoms with Crippen LogP contribution in [0.5, 0.6) is 5.75 Å². The normalized spacial score (nSPS) is 22.2. The molecule has 3 fully saturated rings. The Morgan fingerprint density at radius 1 is 0.902 bits per heavy atom. The second kappa shape index (κ2) is 14.6. The highest BCUT2D eigenvalue weighted by Crippen LogP contribution is 2.43. The molecule has 2 heterocycles. The zero-order chi connectivity index (χ0) is 36.7. The van der Waals surface area contributed by atoms with Crippen LogP contribution < -0.4 is 10.1 Å². The maximum atomic E-state index is 16.8. The summed E-state index contributed by atoms with van der Waals surface area (Å²) in [5.41, 5.74) is -1.18. The number of sulfonamides is 1. The van der Waals surface area contributed by atoms with Crippen molar-refractivity contribution in [3.8, 4) is 5.75 Å². The Bertz CT molecular complexity index is 1850. The number of hydrogen-bond donors (Lipinski definition) is 1. The molecule has 2 bridgehead atoms. The molecule has 276 valence electrons. The number of carbonyl (C=O) groups is 2. The Hall–Kier alpha value is -3.29. The molecule has 3 unspecified atom stereocenters. The van der Waals surface area contributed by atoms with Gasteiger partial charge in [0.25, 0.3) is 5.92 Å². The fourth-order valence-electron chi connectivity index (χ4n) is 7.76. The van der Waals surface area contributed by atoms with Gasteiger partial charge in [0, 0.05) is 35.2 Å². The predicted molar refractivity (Wildman–Crippen MR) is 194 cm³/mol. The van der Waals surface area contributed by atoms with Crippen molar-refractivity contribution in [3.63, 3.8) is 0 Å². The molecule has 13 heteroatoms. The molecular formula is C38H46BrF2N3O6S. The first kappa shape index (κ1) is 37.5. The van der Waals surface area contributed by atoms with E-state index in [9.17, 15) is 18.0 Å². The molecule has 9 nitrogen and oxygen atoms in total. The van der Waals surface area contributed by atoms with E-state index in [-0.39, 0.29) is 17.0 Å². The molecule has 2 aliphatic heterocycles. The van der Waals surface area contributed by atoms with Gasteiger partial charge < -0.3 is 19.7 Å². The third kappa shape index (κ3) is 8.20. The summed E-state index contributed by atoms with van der Waals surface area (Å²) in [5.74, 6) is -4.17. The summed E-state index contributed by atoms with van der Waals surface area (Å²) in [4.78, 5) is 28.2. The number of fused-ring (bicyclic) bond motifs is 3.